The molecule has 2 aromatic rings. The minimum Gasteiger partial charge on any atom is -0.493 e. The summed E-state index contributed by atoms with van der Waals surface area (Å²) in [6.07, 6.45) is 1.55. The molecule has 0 saturated carbocycles. The molecule has 7 heteroatoms. The smallest absolute Gasteiger partial charge is 0.251 e. The van der Waals surface area contributed by atoms with E-state index in [9.17, 15) is 9.59 Å². The second kappa shape index (κ2) is 9.05. The SMILES string of the molecule is CCc1c(C)sc(NC(=O)CCCOc2ccc(Cl)cc2C)c1C(N)=O. The zero-order chi connectivity index (χ0) is 19.3. The molecule has 0 saturated heterocycles. The van der Waals surface area contributed by atoms with Gasteiger partial charge in [-0.15, -0.1) is 11.3 Å². The summed E-state index contributed by atoms with van der Waals surface area (Å²) in [4.78, 5) is 24.9. The summed E-state index contributed by atoms with van der Waals surface area (Å²) in [6.45, 7) is 6.23. The third kappa shape index (κ3) is 4.99. The predicted octanol–water partition coefficient (Wildman–Crippen LogP) is 4.48. The molecule has 0 aliphatic rings. The van der Waals surface area contributed by atoms with Crippen molar-refractivity contribution >= 4 is 39.8 Å². The highest BCUT2D eigenvalue weighted by Gasteiger charge is 2.20. The molecule has 5 nitrogen and oxygen atoms in total. The number of rotatable bonds is 8. The molecule has 1 aromatic heterocycles. The summed E-state index contributed by atoms with van der Waals surface area (Å²) in [5, 5.41) is 4.01. The van der Waals surface area contributed by atoms with Crippen LogP contribution in [0.15, 0.2) is 18.2 Å². The van der Waals surface area contributed by atoms with Crippen LogP contribution in [-0.4, -0.2) is 18.4 Å². The third-order valence-electron chi connectivity index (χ3n) is 4.00. The van der Waals surface area contributed by atoms with Gasteiger partial charge in [0.1, 0.15) is 10.8 Å². The summed E-state index contributed by atoms with van der Waals surface area (Å²) < 4.78 is 5.68. The number of halogens is 1. The Morgan fingerprint density at radius 2 is 2.04 bits per heavy atom. The van der Waals surface area contributed by atoms with E-state index >= 15 is 0 Å². The van der Waals surface area contributed by atoms with E-state index in [0.717, 1.165) is 21.8 Å². The highest BCUT2D eigenvalue weighted by atomic mass is 35.5. The third-order valence-corrected chi connectivity index (χ3v) is 5.30. The molecule has 2 amide bonds. The topological polar surface area (TPSA) is 81.4 Å². The molecule has 0 aliphatic heterocycles. The van der Waals surface area contributed by atoms with Crippen LogP contribution in [0.3, 0.4) is 0 Å². The van der Waals surface area contributed by atoms with Crippen molar-refractivity contribution in [1.29, 1.82) is 0 Å². The first-order chi connectivity index (χ1) is 12.3. The van der Waals surface area contributed by atoms with Crippen molar-refractivity contribution in [3.63, 3.8) is 0 Å². The lowest BCUT2D eigenvalue weighted by Crippen LogP contribution is -2.18. The fraction of sp³-hybridized carbons (Fsp3) is 0.368. The molecule has 0 aliphatic carbocycles. The first kappa shape index (κ1) is 20.3. The van der Waals surface area contributed by atoms with Crippen molar-refractivity contribution in [2.24, 2.45) is 5.73 Å². The molecule has 0 bridgehead atoms. The van der Waals surface area contributed by atoms with Crippen LogP contribution >= 0.6 is 22.9 Å². The Balaban J connectivity index is 1.88. The Bertz CT molecular complexity index is 817. The van der Waals surface area contributed by atoms with Crippen LogP contribution < -0.4 is 15.8 Å². The van der Waals surface area contributed by atoms with Gasteiger partial charge in [-0.3, -0.25) is 9.59 Å². The molecule has 0 radical (unpaired) electrons. The Kier molecular flexibility index (Phi) is 7.06. The zero-order valence-electron chi connectivity index (χ0n) is 15.1. The average Bonchev–Trinajstić information content (AvgIpc) is 2.88. The van der Waals surface area contributed by atoms with E-state index < -0.39 is 5.91 Å². The largest absolute Gasteiger partial charge is 0.493 e. The maximum Gasteiger partial charge on any atom is 0.251 e. The van der Waals surface area contributed by atoms with Crippen LogP contribution in [0, 0.1) is 13.8 Å². The van der Waals surface area contributed by atoms with Crippen molar-refractivity contribution < 1.29 is 14.3 Å². The minimum atomic E-state index is -0.511. The monoisotopic (exact) mass is 394 g/mol. The number of nitrogens with two attached hydrogens (primary N) is 1. The van der Waals surface area contributed by atoms with Gasteiger partial charge in [-0.25, -0.2) is 0 Å². The summed E-state index contributed by atoms with van der Waals surface area (Å²) >= 11 is 7.30. The number of ether oxygens (including phenoxy) is 1. The molecular weight excluding hydrogens is 372 g/mol. The molecule has 0 atom stereocenters. The molecule has 0 fully saturated rings. The Morgan fingerprint density at radius 1 is 1.31 bits per heavy atom. The van der Waals surface area contributed by atoms with Gasteiger partial charge in [-0.1, -0.05) is 18.5 Å². The van der Waals surface area contributed by atoms with Gasteiger partial charge >= 0.3 is 0 Å². The molecule has 1 heterocycles. The minimum absolute atomic E-state index is 0.159. The summed E-state index contributed by atoms with van der Waals surface area (Å²) in [5.74, 6) is 0.0863. The highest BCUT2D eigenvalue weighted by molar-refractivity contribution is 7.16. The number of nitrogens with one attached hydrogen (secondary N) is 1. The zero-order valence-corrected chi connectivity index (χ0v) is 16.7. The Morgan fingerprint density at radius 3 is 2.65 bits per heavy atom. The second-order valence-corrected chi connectivity index (χ2v) is 7.63. The maximum atomic E-state index is 12.2. The van der Waals surface area contributed by atoms with Gasteiger partial charge in [0.15, 0.2) is 0 Å². The summed E-state index contributed by atoms with van der Waals surface area (Å²) in [7, 11) is 0. The van der Waals surface area contributed by atoms with E-state index in [1.807, 2.05) is 32.9 Å². The van der Waals surface area contributed by atoms with Crippen molar-refractivity contribution in [2.45, 2.75) is 40.0 Å². The number of thiophene rings is 1. The quantitative estimate of drug-likeness (QED) is 0.647. The summed E-state index contributed by atoms with van der Waals surface area (Å²) in [5.41, 5.74) is 7.76. The fourth-order valence-electron chi connectivity index (χ4n) is 2.73. The van der Waals surface area contributed by atoms with Gasteiger partial charge in [-0.2, -0.15) is 0 Å². The molecule has 140 valence electrons. The van der Waals surface area contributed by atoms with Crippen LogP contribution in [0.1, 0.15) is 46.1 Å². The van der Waals surface area contributed by atoms with E-state index in [2.05, 4.69) is 5.32 Å². The molecule has 2 rings (SSSR count). The average molecular weight is 395 g/mol. The normalized spacial score (nSPS) is 10.6. The molecular formula is C19H23ClN2O3S. The van der Waals surface area contributed by atoms with E-state index in [1.54, 1.807) is 6.07 Å². The van der Waals surface area contributed by atoms with Gasteiger partial charge in [0.2, 0.25) is 5.91 Å². The fourth-order valence-corrected chi connectivity index (χ4v) is 4.13. The number of amides is 2. The molecule has 0 spiro atoms. The van der Waals surface area contributed by atoms with E-state index in [4.69, 9.17) is 22.1 Å². The highest BCUT2D eigenvalue weighted by Crippen LogP contribution is 2.33. The van der Waals surface area contributed by atoms with Gasteiger partial charge in [-0.05, 0) is 56.0 Å². The number of benzene rings is 1. The van der Waals surface area contributed by atoms with E-state index in [-0.39, 0.29) is 5.91 Å². The van der Waals surface area contributed by atoms with Crippen LogP contribution in [-0.2, 0) is 11.2 Å². The van der Waals surface area contributed by atoms with E-state index in [0.29, 0.717) is 41.5 Å². The number of hydrogen-bond donors (Lipinski definition) is 2. The first-order valence-corrected chi connectivity index (χ1v) is 9.63. The molecule has 0 unspecified atom stereocenters. The number of hydrogen-bond acceptors (Lipinski definition) is 4. The summed E-state index contributed by atoms with van der Waals surface area (Å²) in [6, 6.07) is 5.42. The number of carbonyl (C=O) groups excluding carboxylic acids is 2. The van der Waals surface area contributed by atoms with Gasteiger partial charge in [0.05, 0.1) is 12.2 Å². The number of primary amides is 1. The van der Waals surface area contributed by atoms with Gasteiger partial charge in [0, 0.05) is 16.3 Å². The predicted molar refractivity (Wildman–Crippen MR) is 106 cm³/mol. The maximum absolute atomic E-state index is 12.2. The number of aryl methyl sites for hydroxylation is 2. The van der Waals surface area contributed by atoms with Crippen LogP contribution in [0.25, 0.3) is 0 Å². The first-order valence-electron chi connectivity index (χ1n) is 8.44. The van der Waals surface area contributed by atoms with Crippen LogP contribution in [0.5, 0.6) is 5.75 Å². The second-order valence-electron chi connectivity index (χ2n) is 5.97. The Hall–Kier alpha value is -2.05. The molecule has 26 heavy (non-hydrogen) atoms. The van der Waals surface area contributed by atoms with Crippen LogP contribution in [0.4, 0.5) is 5.00 Å². The van der Waals surface area contributed by atoms with Crippen molar-refractivity contribution in [1.82, 2.24) is 0 Å². The van der Waals surface area contributed by atoms with Crippen molar-refractivity contribution in [3.8, 4) is 5.75 Å². The lowest BCUT2D eigenvalue weighted by atomic mass is 10.1. The lowest BCUT2D eigenvalue weighted by molar-refractivity contribution is -0.116. The standard InChI is InChI=1S/C19H23ClN2O3S/c1-4-14-12(3)26-19(17(14)18(21)24)22-16(23)6-5-9-25-15-8-7-13(20)10-11(15)2/h7-8,10H,4-6,9H2,1-3H3,(H2,21,24)(H,22,23). The number of carbonyl (C=O) groups is 2. The number of anilines is 1. The molecule has 1 aromatic carbocycles. The van der Waals surface area contributed by atoms with Gasteiger partial charge < -0.3 is 15.8 Å². The van der Waals surface area contributed by atoms with Crippen LogP contribution in [0.2, 0.25) is 5.02 Å². The van der Waals surface area contributed by atoms with Gasteiger partial charge in [0.25, 0.3) is 5.91 Å². The van der Waals surface area contributed by atoms with E-state index in [1.165, 1.54) is 11.3 Å². The Labute approximate surface area is 162 Å². The van der Waals surface area contributed by atoms with Crippen molar-refractivity contribution in [3.05, 3.63) is 44.8 Å². The lowest BCUT2D eigenvalue weighted by Gasteiger charge is -2.09. The van der Waals surface area contributed by atoms with Crippen molar-refractivity contribution in [2.75, 3.05) is 11.9 Å². The molecule has 3 N–H and O–H groups in total.